The average molecular weight is 377 g/mol. The molecule has 0 unspecified atom stereocenters. The maximum Gasteiger partial charge on any atom is 0.336 e. The van der Waals surface area contributed by atoms with E-state index in [0.29, 0.717) is 21.4 Å². The highest BCUT2D eigenvalue weighted by molar-refractivity contribution is 6.33. The summed E-state index contributed by atoms with van der Waals surface area (Å²) >= 11 is 12.5. The SMILES string of the molecule is CCCCc1cc(=O)oc2cc(OCc3ccccc3Cl)c(Cl)cc12. The van der Waals surface area contributed by atoms with E-state index in [0.717, 1.165) is 35.8 Å². The molecule has 130 valence electrons. The van der Waals surface area contributed by atoms with Crippen molar-refractivity contribution in [3.8, 4) is 5.75 Å². The molecule has 3 nitrogen and oxygen atoms in total. The number of aryl methyl sites for hydroxylation is 1. The molecule has 3 aromatic rings. The largest absolute Gasteiger partial charge is 0.487 e. The predicted octanol–water partition coefficient (Wildman–Crippen LogP) is 6.02. The third-order valence-electron chi connectivity index (χ3n) is 4.02. The summed E-state index contributed by atoms with van der Waals surface area (Å²) in [6, 6.07) is 12.5. The molecule has 0 amide bonds. The minimum Gasteiger partial charge on any atom is -0.487 e. The molecule has 1 aromatic heterocycles. The van der Waals surface area contributed by atoms with Gasteiger partial charge in [0.25, 0.3) is 0 Å². The van der Waals surface area contributed by atoms with Crippen LogP contribution in [0.3, 0.4) is 0 Å². The Morgan fingerprint density at radius 2 is 1.84 bits per heavy atom. The highest BCUT2D eigenvalue weighted by atomic mass is 35.5. The van der Waals surface area contributed by atoms with Gasteiger partial charge in [0, 0.05) is 28.1 Å². The predicted molar refractivity (Wildman–Crippen MR) is 102 cm³/mol. The first kappa shape index (κ1) is 17.8. The monoisotopic (exact) mass is 376 g/mol. The number of hydrogen-bond donors (Lipinski definition) is 0. The molecular formula is C20H18Cl2O3. The first-order valence-electron chi connectivity index (χ1n) is 8.21. The summed E-state index contributed by atoms with van der Waals surface area (Å²) in [6.45, 7) is 2.39. The fourth-order valence-electron chi connectivity index (χ4n) is 2.68. The number of rotatable bonds is 6. The van der Waals surface area contributed by atoms with Crippen molar-refractivity contribution in [2.45, 2.75) is 32.8 Å². The van der Waals surface area contributed by atoms with Crippen molar-refractivity contribution in [3.05, 3.63) is 74.1 Å². The van der Waals surface area contributed by atoms with Crippen LogP contribution in [-0.4, -0.2) is 0 Å². The summed E-state index contributed by atoms with van der Waals surface area (Å²) < 4.78 is 11.1. The van der Waals surface area contributed by atoms with Crippen LogP contribution in [0.2, 0.25) is 10.0 Å². The van der Waals surface area contributed by atoms with Crippen LogP contribution in [0.25, 0.3) is 11.0 Å². The second-order valence-electron chi connectivity index (χ2n) is 5.85. The van der Waals surface area contributed by atoms with E-state index in [4.69, 9.17) is 32.4 Å². The first-order chi connectivity index (χ1) is 12.1. The van der Waals surface area contributed by atoms with Gasteiger partial charge in [-0.3, -0.25) is 0 Å². The maximum absolute atomic E-state index is 11.8. The maximum atomic E-state index is 11.8. The first-order valence-corrected chi connectivity index (χ1v) is 8.96. The van der Waals surface area contributed by atoms with Crippen LogP contribution >= 0.6 is 23.2 Å². The molecule has 2 aromatic carbocycles. The second kappa shape index (κ2) is 7.94. The average Bonchev–Trinajstić information content (AvgIpc) is 2.59. The molecule has 25 heavy (non-hydrogen) atoms. The highest BCUT2D eigenvalue weighted by Crippen LogP contribution is 2.32. The molecule has 0 saturated heterocycles. The van der Waals surface area contributed by atoms with Gasteiger partial charge in [0.1, 0.15) is 17.9 Å². The van der Waals surface area contributed by atoms with Gasteiger partial charge in [0.2, 0.25) is 0 Å². The topological polar surface area (TPSA) is 39.4 Å². The summed E-state index contributed by atoms with van der Waals surface area (Å²) in [5.74, 6) is 0.463. The van der Waals surface area contributed by atoms with Crippen molar-refractivity contribution in [2.24, 2.45) is 0 Å². The number of benzene rings is 2. The third kappa shape index (κ3) is 4.17. The fourth-order valence-corrected chi connectivity index (χ4v) is 3.09. The van der Waals surface area contributed by atoms with Gasteiger partial charge in [-0.05, 0) is 30.5 Å². The molecule has 5 heteroatoms. The molecular weight excluding hydrogens is 359 g/mol. The van der Waals surface area contributed by atoms with E-state index in [-0.39, 0.29) is 12.2 Å². The van der Waals surface area contributed by atoms with Gasteiger partial charge in [-0.25, -0.2) is 4.79 Å². The number of ether oxygens (including phenoxy) is 1. The molecule has 0 aliphatic rings. The lowest BCUT2D eigenvalue weighted by molar-refractivity contribution is 0.306. The number of fused-ring (bicyclic) bond motifs is 1. The second-order valence-corrected chi connectivity index (χ2v) is 6.67. The zero-order chi connectivity index (χ0) is 17.8. The van der Waals surface area contributed by atoms with Gasteiger partial charge in [-0.15, -0.1) is 0 Å². The smallest absolute Gasteiger partial charge is 0.336 e. The Balaban J connectivity index is 1.93. The van der Waals surface area contributed by atoms with Crippen LogP contribution in [0.5, 0.6) is 5.75 Å². The van der Waals surface area contributed by atoms with Crippen molar-refractivity contribution in [2.75, 3.05) is 0 Å². The fraction of sp³-hybridized carbons (Fsp3) is 0.250. The zero-order valence-electron chi connectivity index (χ0n) is 13.9. The Morgan fingerprint density at radius 3 is 2.60 bits per heavy atom. The van der Waals surface area contributed by atoms with E-state index in [1.807, 2.05) is 18.2 Å². The summed E-state index contributed by atoms with van der Waals surface area (Å²) in [5, 5.41) is 1.96. The van der Waals surface area contributed by atoms with Gasteiger partial charge in [-0.1, -0.05) is 54.7 Å². The van der Waals surface area contributed by atoms with Crippen LogP contribution in [0, 0.1) is 0 Å². The number of unbranched alkanes of at least 4 members (excludes halogenated alkanes) is 1. The Bertz CT molecular complexity index is 947. The van der Waals surface area contributed by atoms with E-state index in [9.17, 15) is 4.79 Å². The normalized spacial score (nSPS) is 11.0. The minimum absolute atomic E-state index is 0.282. The summed E-state index contributed by atoms with van der Waals surface area (Å²) in [7, 11) is 0. The van der Waals surface area contributed by atoms with Gasteiger partial charge >= 0.3 is 5.63 Å². The molecule has 0 spiro atoms. The van der Waals surface area contributed by atoms with Crippen molar-refractivity contribution >= 4 is 34.2 Å². The molecule has 0 atom stereocenters. The van der Waals surface area contributed by atoms with E-state index in [1.165, 1.54) is 0 Å². The van der Waals surface area contributed by atoms with Crippen LogP contribution < -0.4 is 10.4 Å². The number of hydrogen-bond acceptors (Lipinski definition) is 3. The van der Waals surface area contributed by atoms with Gasteiger partial charge in [0.05, 0.1) is 5.02 Å². The van der Waals surface area contributed by atoms with Crippen molar-refractivity contribution < 1.29 is 9.15 Å². The summed E-state index contributed by atoms with van der Waals surface area (Å²) in [6.07, 6.45) is 2.87. The van der Waals surface area contributed by atoms with E-state index < -0.39 is 0 Å². The van der Waals surface area contributed by atoms with Gasteiger partial charge < -0.3 is 9.15 Å². The minimum atomic E-state index is -0.363. The Labute approximate surface area is 156 Å². The molecule has 0 radical (unpaired) electrons. The highest BCUT2D eigenvalue weighted by Gasteiger charge is 2.12. The lowest BCUT2D eigenvalue weighted by Gasteiger charge is -2.11. The standard InChI is InChI=1S/C20H18Cl2O3/c1-2-3-6-13-9-20(23)25-18-11-19(17(22)10-15(13)18)24-12-14-7-4-5-8-16(14)21/h4-5,7-11H,2-3,6,12H2,1H3. The zero-order valence-corrected chi connectivity index (χ0v) is 15.4. The number of halogens is 2. The molecule has 3 rings (SSSR count). The van der Waals surface area contributed by atoms with Gasteiger partial charge in [0.15, 0.2) is 0 Å². The van der Waals surface area contributed by atoms with Crippen LogP contribution in [-0.2, 0) is 13.0 Å². The van der Waals surface area contributed by atoms with Gasteiger partial charge in [-0.2, -0.15) is 0 Å². The summed E-state index contributed by atoms with van der Waals surface area (Å²) in [4.78, 5) is 11.8. The van der Waals surface area contributed by atoms with Crippen LogP contribution in [0.4, 0.5) is 0 Å². The Morgan fingerprint density at radius 1 is 1.04 bits per heavy atom. The Hall–Kier alpha value is -1.97. The van der Waals surface area contributed by atoms with E-state index >= 15 is 0 Å². The van der Waals surface area contributed by atoms with E-state index in [2.05, 4.69) is 6.92 Å². The molecule has 0 bridgehead atoms. The Kier molecular flexibility index (Phi) is 5.67. The third-order valence-corrected chi connectivity index (χ3v) is 4.69. The van der Waals surface area contributed by atoms with Crippen molar-refractivity contribution in [1.82, 2.24) is 0 Å². The summed E-state index contributed by atoms with van der Waals surface area (Å²) in [5.41, 5.74) is 1.93. The molecule has 0 fully saturated rings. The molecule has 0 aliphatic heterocycles. The molecule has 0 saturated carbocycles. The van der Waals surface area contributed by atoms with Crippen molar-refractivity contribution in [1.29, 1.82) is 0 Å². The molecule has 0 N–H and O–H groups in total. The molecule has 0 aliphatic carbocycles. The van der Waals surface area contributed by atoms with E-state index in [1.54, 1.807) is 24.3 Å². The lowest BCUT2D eigenvalue weighted by Crippen LogP contribution is -2.02. The lowest BCUT2D eigenvalue weighted by atomic mass is 10.0. The van der Waals surface area contributed by atoms with Crippen molar-refractivity contribution in [3.63, 3.8) is 0 Å². The quantitative estimate of drug-likeness (QED) is 0.493. The van der Waals surface area contributed by atoms with Crippen LogP contribution in [0.15, 0.2) is 51.7 Å². The van der Waals surface area contributed by atoms with Crippen LogP contribution in [0.1, 0.15) is 30.9 Å². The molecule has 1 heterocycles.